The first-order valence-corrected chi connectivity index (χ1v) is 7.85. The lowest BCUT2D eigenvalue weighted by Crippen LogP contribution is -2.25. The molecule has 0 spiro atoms. The second kappa shape index (κ2) is 6.46. The van der Waals surface area contributed by atoms with Crippen LogP contribution in [-0.2, 0) is 13.6 Å². The van der Waals surface area contributed by atoms with Crippen molar-refractivity contribution < 1.29 is 31.2 Å². The quantitative estimate of drug-likeness (QED) is 0.461. The number of benzene rings is 1. The first-order chi connectivity index (χ1) is 9.51. The van der Waals surface area contributed by atoms with Gasteiger partial charge in [0.05, 0.1) is 12.2 Å². The molecule has 0 unspecified atom stereocenters. The molecule has 1 aromatic carbocycles. The van der Waals surface area contributed by atoms with E-state index in [1.165, 1.54) is 27.7 Å². The van der Waals surface area contributed by atoms with Crippen molar-refractivity contribution in [3.63, 3.8) is 0 Å². The average molecular weight is 328 g/mol. The van der Waals surface area contributed by atoms with E-state index in [1.54, 1.807) is 0 Å². The Labute approximate surface area is 120 Å². The third-order valence-corrected chi connectivity index (χ3v) is 4.77. The van der Waals surface area contributed by atoms with Crippen LogP contribution in [0.15, 0.2) is 0 Å². The van der Waals surface area contributed by atoms with Crippen molar-refractivity contribution >= 4 is 12.9 Å². The largest absolute Gasteiger partial charge is 0.368 e. The van der Waals surface area contributed by atoms with Gasteiger partial charge in [0, 0.05) is 5.56 Å². The molecule has 0 fully saturated rings. The van der Waals surface area contributed by atoms with E-state index in [2.05, 4.69) is 0 Å². The van der Waals surface area contributed by atoms with Crippen LogP contribution in [0.5, 0.6) is 0 Å². The smallest absolute Gasteiger partial charge is 0.302 e. The Morgan fingerprint density at radius 2 is 1.14 bits per heavy atom. The van der Waals surface area contributed by atoms with Crippen molar-refractivity contribution in [3.8, 4) is 0 Å². The fourth-order valence-electron chi connectivity index (χ4n) is 1.66. The molecule has 0 saturated heterocycles. The monoisotopic (exact) mass is 328 g/mol. The van der Waals surface area contributed by atoms with E-state index in [9.17, 15) is 22.1 Å². The topological polar surface area (TPSA) is 35.5 Å². The van der Waals surface area contributed by atoms with Crippen LogP contribution >= 0.6 is 7.60 Å². The molecule has 0 aliphatic carbocycles. The Balaban J connectivity index is 3.63. The Bertz CT molecular complexity index is 544. The molecule has 0 aromatic heterocycles. The molecule has 120 valence electrons. The van der Waals surface area contributed by atoms with Crippen molar-refractivity contribution in [2.75, 3.05) is 0 Å². The van der Waals surface area contributed by atoms with E-state index in [1.807, 2.05) is 0 Å². The van der Waals surface area contributed by atoms with Gasteiger partial charge >= 0.3 is 7.60 Å². The van der Waals surface area contributed by atoms with E-state index in [-0.39, 0.29) is 0 Å². The fraction of sp³-hybridized carbons (Fsp3) is 0.538. The Hall–Kier alpha value is -0.910. The highest BCUT2D eigenvalue weighted by Gasteiger charge is 2.40. The second-order valence-corrected chi connectivity index (χ2v) is 6.90. The summed E-state index contributed by atoms with van der Waals surface area (Å²) in [5.74, 6) is -6.78. The molecule has 0 saturated carbocycles. The zero-order chi connectivity index (χ0) is 16.5. The summed E-state index contributed by atoms with van der Waals surface area (Å²) in [6.07, 6.45) is -1.47. The van der Waals surface area contributed by atoms with Gasteiger partial charge in [-0.1, -0.05) is 0 Å². The van der Waals surface area contributed by atoms with Crippen molar-refractivity contribution in [2.45, 2.75) is 46.8 Å². The minimum absolute atomic E-state index is 0.735. The minimum Gasteiger partial charge on any atom is -0.302 e. The van der Waals surface area contributed by atoms with Crippen molar-refractivity contribution in [3.05, 3.63) is 28.8 Å². The van der Waals surface area contributed by atoms with Gasteiger partial charge in [-0.05, 0) is 34.6 Å². The molecule has 0 heterocycles. The molecule has 1 aromatic rings. The lowest BCUT2D eigenvalue weighted by Gasteiger charge is -2.24. The van der Waals surface area contributed by atoms with Gasteiger partial charge in [-0.2, -0.15) is 0 Å². The van der Waals surface area contributed by atoms with E-state index < -0.39 is 53.9 Å². The van der Waals surface area contributed by atoms with Gasteiger partial charge in [-0.3, -0.25) is 4.57 Å². The van der Waals surface area contributed by atoms with Gasteiger partial charge in [-0.15, -0.1) is 0 Å². The van der Waals surface area contributed by atoms with Crippen LogP contribution in [-0.4, -0.2) is 12.2 Å². The number of hydrogen-bond donors (Lipinski definition) is 0. The summed E-state index contributed by atoms with van der Waals surface area (Å²) in [5.41, 5.74) is -0.839. The number of rotatable bonds is 5. The van der Waals surface area contributed by atoms with Gasteiger partial charge in [-0.25, -0.2) is 17.6 Å². The Morgan fingerprint density at radius 1 is 0.810 bits per heavy atom. The molecular weight excluding hydrogens is 311 g/mol. The van der Waals surface area contributed by atoms with Gasteiger partial charge in [0.25, 0.3) is 0 Å². The molecule has 8 heteroatoms. The molecule has 3 nitrogen and oxygen atoms in total. The summed E-state index contributed by atoms with van der Waals surface area (Å²) in [5, 5.41) is -1.34. The van der Waals surface area contributed by atoms with Gasteiger partial charge in [0.15, 0.2) is 23.3 Å². The molecule has 0 N–H and O–H groups in total. The summed E-state index contributed by atoms with van der Waals surface area (Å²) in [6.45, 7) is 6.68. The zero-order valence-electron chi connectivity index (χ0n) is 12.3. The average Bonchev–Trinajstić information content (AvgIpc) is 2.31. The lowest BCUT2D eigenvalue weighted by molar-refractivity contribution is 0.149. The maximum absolute atomic E-state index is 14.0. The predicted octanol–water partition coefficient (Wildman–Crippen LogP) is 4.22. The third-order valence-electron chi connectivity index (χ3n) is 2.43. The Morgan fingerprint density at radius 3 is 1.43 bits per heavy atom. The molecule has 0 aliphatic heterocycles. The van der Waals surface area contributed by atoms with Crippen LogP contribution in [0.3, 0.4) is 0 Å². The molecule has 0 bridgehead atoms. The van der Waals surface area contributed by atoms with Crippen LogP contribution in [0.1, 0.15) is 33.3 Å². The van der Waals surface area contributed by atoms with Crippen molar-refractivity contribution in [2.24, 2.45) is 0 Å². The molecule has 0 amide bonds. The summed E-state index contributed by atoms with van der Waals surface area (Å²) in [7, 11) is -4.56. The molecule has 1 rings (SSSR count). The highest BCUT2D eigenvalue weighted by atomic mass is 31.2. The fourth-order valence-corrected chi connectivity index (χ4v) is 3.70. The van der Waals surface area contributed by atoms with Gasteiger partial charge < -0.3 is 9.05 Å². The number of halogens is 4. The first-order valence-electron chi connectivity index (χ1n) is 6.31. The Kier molecular flexibility index (Phi) is 5.58. The van der Waals surface area contributed by atoms with Crippen LogP contribution in [0.4, 0.5) is 17.6 Å². The van der Waals surface area contributed by atoms with Crippen molar-refractivity contribution in [1.82, 2.24) is 0 Å². The van der Waals surface area contributed by atoms with E-state index >= 15 is 0 Å². The van der Waals surface area contributed by atoms with Crippen LogP contribution in [0.25, 0.3) is 0 Å². The molecule has 0 radical (unpaired) electrons. The molecule has 0 atom stereocenters. The first kappa shape index (κ1) is 18.1. The molecule has 0 aliphatic rings. The van der Waals surface area contributed by atoms with E-state index in [4.69, 9.17) is 9.05 Å². The van der Waals surface area contributed by atoms with Crippen LogP contribution in [0.2, 0.25) is 0 Å². The van der Waals surface area contributed by atoms with E-state index in [0.717, 1.165) is 6.92 Å². The maximum atomic E-state index is 14.0. The van der Waals surface area contributed by atoms with E-state index in [0.29, 0.717) is 0 Å². The van der Waals surface area contributed by atoms with Gasteiger partial charge in [0.1, 0.15) is 5.30 Å². The number of hydrogen-bond acceptors (Lipinski definition) is 3. The lowest BCUT2D eigenvalue weighted by atomic mass is 10.2. The normalized spacial score (nSPS) is 12.5. The second-order valence-electron chi connectivity index (χ2n) is 5.04. The van der Waals surface area contributed by atoms with Crippen molar-refractivity contribution in [1.29, 1.82) is 0 Å². The zero-order valence-corrected chi connectivity index (χ0v) is 13.2. The summed E-state index contributed by atoms with van der Waals surface area (Å²) < 4.78 is 77.8. The standard InChI is InChI=1S/C13H17F4O3P/c1-6(2)19-21(18,20-7(3)4)13-11(16)9(14)8(5)10(15)12(13)17/h6-7H,1-5H3. The highest BCUT2D eigenvalue weighted by Crippen LogP contribution is 2.51. The van der Waals surface area contributed by atoms with Gasteiger partial charge in [0.2, 0.25) is 0 Å². The molecular formula is C13H17F4O3P. The SMILES string of the molecule is Cc1c(F)c(F)c(P(=O)(OC(C)C)OC(C)C)c(F)c1F. The highest BCUT2D eigenvalue weighted by molar-refractivity contribution is 7.62. The van der Waals surface area contributed by atoms with Crippen LogP contribution < -0.4 is 5.30 Å². The predicted molar refractivity (Wildman–Crippen MR) is 70.7 cm³/mol. The summed E-state index contributed by atoms with van der Waals surface area (Å²) >= 11 is 0. The summed E-state index contributed by atoms with van der Waals surface area (Å²) in [6, 6.07) is 0. The maximum Gasteiger partial charge on any atom is 0.368 e. The summed E-state index contributed by atoms with van der Waals surface area (Å²) in [4.78, 5) is 0. The third kappa shape index (κ3) is 3.65. The van der Waals surface area contributed by atoms with Crippen LogP contribution in [0, 0.1) is 30.2 Å². The minimum atomic E-state index is -4.56. The molecule has 21 heavy (non-hydrogen) atoms.